The largest absolute Gasteiger partial charge is 0.477 e. The minimum atomic E-state index is -0.828. The molecule has 1 saturated carbocycles. The Morgan fingerprint density at radius 1 is 1.39 bits per heavy atom. The van der Waals surface area contributed by atoms with E-state index >= 15 is 0 Å². The molecule has 2 N–H and O–H groups in total. The van der Waals surface area contributed by atoms with Gasteiger partial charge in [0.05, 0.1) is 0 Å². The fraction of sp³-hybridized carbons (Fsp3) is 0.643. The van der Waals surface area contributed by atoms with Crippen LogP contribution in [-0.2, 0) is 6.54 Å². The maximum Gasteiger partial charge on any atom is 0.345 e. The number of aromatic carboxylic acids is 1. The van der Waals surface area contributed by atoms with Crippen LogP contribution in [0.5, 0.6) is 0 Å². The van der Waals surface area contributed by atoms with Gasteiger partial charge in [-0.3, -0.25) is 0 Å². The number of carboxylic acid groups (broad SMARTS) is 1. The van der Waals surface area contributed by atoms with E-state index < -0.39 is 5.97 Å². The Bertz CT molecular complexity index is 408. The summed E-state index contributed by atoms with van der Waals surface area (Å²) in [6, 6.07) is 3.59. The smallest absolute Gasteiger partial charge is 0.345 e. The van der Waals surface area contributed by atoms with Crippen LogP contribution in [0.1, 0.15) is 53.6 Å². The molecule has 0 radical (unpaired) electrons. The normalized spacial score (nSPS) is 18.7. The highest BCUT2D eigenvalue weighted by molar-refractivity contribution is 7.13. The van der Waals surface area contributed by atoms with E-state index in [2.05, 4.69) is 12.2 Å². The van der Waals surface area contributed by atoms with E-state index in [1.807, 2.05) is 6.07 Å². The molecule has 1 fully saturated rings. The number of nitrogens with one attached hydrogen (secondary N) is 1. The van der Waals surface area contributed by atoms with E-state index in [0.29, 0.717) is 10.3 Å². The van der Waals surface area contributed by atoms with Gasteiger partial charge >= 0.3 is 5.97 Å². The molecule has 0 amide bonds. The summed E-state index contributed by atoms with van der Waals surface area (Å²) in [5, 5.41) is 12.3. The molecule has 0 unspecified atom stereocenters. The van der Waals surface area contributed by atoms with Crippen molar-refractivity contribution in [2.75, 3.05) is 6.54 Å². The maximum atomic E-state index is 10.8. The topological polar surface area (TPSA) is 49.3 Å². The zero-order valence-corrected chi connectivity index (χ0v) is 11.7. The van der Waals surface area contributed by atoms with Crippen LogP contribution in [0, 0.1) is 5.41 Å². The lowest BCUT2D eigenvalue weighted by atomic mass is 9.76. The van der Waals surface area contributed by atoms with Gasteiger partial charge in [0, 0.05) is 18.0 Å². The average molecular weight is 267 g/mol. The van der Waals surface area contributed by atoms with Crippen LogP contribution in [0.2, 0.25) is 0 Å². The van der Waals surface area contributed by atoms with Gasteiger partial charge in [-0.05, 0) is 30.4 Å². The number of carbonyl (C=O) groups is 1. The van der Waals surface area contributed by atoms with E-state index in [1.165, 1.54) is 43.4 Å². The van der Waals surface area contributed by atoms with Gasteiger partial charge in [0.25, 0.3) is 0 Å². The van der Waals surface area contributed by atoms with Crippen LogP contribution in [0.4, 0.5) is 0 Å². The third kappa shape index (κ3) is 3.56. The van der Waals surface area contributed by atoms with Crippen LogP contribution < -0.4 is 5.32 Å². The first-order valence-electron chi connectivity index (χ1n) is 6.62. The van der Waals surface area contributed by atoms with E-state index in [9.17, 15) is 4.79 Å². The highest BCUT2D eigenvalue weighted by atomic mass is 32.1. The summed E-state index contributed by atoms with van der Waals surface area (Å²) < 4.78 is 0. The molecule has 0 bridgehead atoms. The number of thiophene rings is 1. The van der Waals surface area contributed by atoms with Gasteiger partial charge in [-0.25, -0.2) is 4.79 Å². The van der Waals surface area contributed by atoms with Crippen LogP contribution >= 0.6 is 11.3 Å². The van der Waals surface area contributed by atoms with Crippen molar-refractivity contribution in [2.24, 2.45) is 5.41 Å². The lowest BCUT2D eigenvalue weighted by molar-refractivity contribution is 0.0702. The molecule has 1 aliphatic rings. The van der Waals surface area contributed by atoms with Gasteiger partial charge in [0.2, 0.25) is 0 Å². The molecule has 1 heterocycles. The summed E-state index contributed by atoms with van der Waals surface area (Å²) in [5.41, 5.74) is 0.436. The predicted octanol–water partition coefficient (Wildman–Crippen LogP) is 3.51. The summed E-state index contributed by atoms with van der Waals surface area (Å²) in [5.74, 6) is -0.828. The molecular formula is C14H21NO2S. The van der Waals surface area contributed by atoms with Gasteiger partial charge in [0.1, 0.15) is 4.88 Å². The molecule has 4 heteroatoms. The van der Waals surface area contributed by atoms with Crippen LogP contribution in [0.25, 0.3) is 0 Å². The van der Waals surface area contributed by atoms with Gasteiger partial charge in [-0.1, -0.05) is 26.2 Å². The van der Waals surface area contributed by atoms with Crippen molar-refractivity contribution in [2.45, 2.75) is 45.6 Å². The highest BCUT2D eigenvalue weighted by Gasteiger charge is 2.26. The predicted molar refractivity (Wildman–Crippen MR) is 74.2 cm³/mol. The Balaban J connectivity index is 1.78. The fourth-order valence-electron chi connectivity index (χ4n) is 2.66. The summed E-state index contributed by atoms with van der Waals surface area (Å²) in [7, 11) is 0. The molecule has 0 saturated heterocycles. The van der Waals surface area contributed by atoms with Crippen molar-refractivity contribution in [3.8, 4) is 0 Å². The Morgan fingerprint density at radius 3 is 2.72 bits per heavy atom. The molecule has 2 rings (SSSR count). The summed E-state index contributed by atoms with van der Waals surface area (Å²) in [6.07, 6.45) is 6.69. The quantitative estimate of drug-likeness (QED) is 0.858. The van der Waals surface area contributed by atoms with Crippen LogP contribution in [-0.4, -0.2) is 17.6 Å². The Kier molecular flexibility index (Phi) is 4.40. The van der Waals surface area contributed by atoms with E-state index in [1.54, 1.807) is 6.07 Å². The Hall–Kier alpha value is -0.870. The van der Waals surface area contributed by atoms with Crippen molar-refractivity contribution in [3.63, 3.8) is 0 Å². The monoisotopic (exact) mass is 267 g/mol. The van der Waals surface area contributed by atoms with E-state index in [4.69, 9.17) is 5.11 Å². The number of rotatable bonds is 5. The average Bonchev–Trinajstić information content (AvgIpc) is 2.78. The first-order chi connectivity index (χ1) is 8.59. The lowest BCUT2D eigenvalue weighted by Gasteiger charge is -2.33. The molecule has 18 heavy (non-hydrogen) atoms. The third-order valence-corrected chi connectivity index (χ3v) is 4.86. The first-order valence-corrected chi connectivity index (χ1v) is 7.43. The van der Waals surface area contributed by atoms with Crippen molar-refractivity contribution >= 4 is 17.3 Å². The molecule has 0 aliphatic heterocycles. The molecule has 0 spiro atoms. The van der Waals surface area contributed by atoms with Gasteiger partial charge in [-0.2, -0.15) is 0 Å². The van der Waals surface area contributed by atoms with Crippen molar-refractivity contribution in [3.05, 3.63) is 21.9 Å². The van der Waals surface area contributed by atoms with E-state index in [-0.39, 0.29) is 0 Å². The minimum absolute atomic E-state index is 0.427. The Labute approximate surface area is 112 Å². The summed E-state index contributed by atoms with van der Waals surface area (Å²) >= 11 is 1.36. The van der Waals surface area contributed by atoms with Gasteiger partial charge in [0.15, 0.2) is 0 Å². The molecule has 1 aromatic heterocycles. The fourth-order valence-corrected chi connectivity index (χ4v) is 3.47. The molecular weight excluding hydrogens is 246 g/mol. The van der Waals surface area contributed by atoms with E-state index in [0.717, 1.165) is 18.0 Å². The second-order valence-corrected chi connectivity index (χ2v) is 6.71. The molecule has 0 aromatic carbocycles. The number of hydrogen-bond donors (Lipinski definition) is 2. The SMILES string of the molecule is CC1(CNCc2ccc(C(=O)O)s2)CCCCC1. The summed E-state index contributed by atoms with van der Waals surface area (Å²) in [4.78, 5) is 12.3. The third-order valence-electron chi connectivity index (χ3n) is 3.78. The first kappa shape index (κ1) is 13.6. The zero-order chi connectivity index (χ0) is 13.0. The van der Waals surface area contributed by atoms with Gasteiger partial charge < -0.3 is 10.4 Å². The second kappa shape index (κ2) is 5.85. The van der Waals surface area contributed by atoms with Gasteiger partial charge in [-0.15, -0.1) is 11.3 Å². The minimum Gasteiger partial charge on any atom is -0.477 e. The maximum absolute atomic E-state index is 10.8. The molecule has 1 aliphatic carbocycles. The highest BCUT2D eigenvalue weighted by Crippen LogP contribution is 2.35. The zero-order valence-electron chi connectivity index (χ0n) is 10.9. The number of hydrogen-bond acceptors (Lipinski definition) is 3. The van der Waals surface area contributed by atoms with Crippen LogP contribution in [0.15, 0.2) is 12.1 Å². The Morgan fingerprint density at radius 2 is 2.11 bits per heavy atom. The molecule has 1 aromatic rings. The molecule has 3 nitrogen and oxygen atoms in total. The van der Waals surface area contributed by atoms with Crippen molar-refractivity contribution < 1.29 is 9.90 Å². The second-order valence-electron chi connectivity index (χ2n) is 5.55. The number of carboxylic acids is 1. The van der Waals surface area contributed by atoms with Crippen LogP contribution in [0.3, 0.4) is 0 Å². The van der Waals surface area contributed by atoms with Crippen molar-refractivity contribution in [1.82, 2.24) is 5.32 Å². The standard InChI is InChI=1S/C14H21NO2S/c1-14(7-3-2-4-8-14)10-15-9-11-5-6-12(18-11)13(16)17/h5-6,15H,2-4,7-10H2,1H3,(H,16,17). The lowest BCUT2D eigenvalue weighted by Crippen LogP contribution is -2.33. The van der Waals surface area contributed by atoms with Crippen molar-refractivity contribution in [1.29, 1.82) is 0 Å². The molecule has 0 atom stereocenters. The molecule has 100 valence electrons. The summed E-state index contributed by atoms with van der Waals surface area (Å²) in [6.45, 7) is 4.18.